The summed E-state index contributed by atoms with van der Waals surface area (Å²) in [4.78, 5) is 3.85. The summed E-state index contributed by atoms with van der Waals surface area (Å²) < 4.78 is 25.4. The van der Waals surface area contributed by atoms with E-state index in [-0.39, 0.29) is 10.6 Å². The third kappa shape index (κ3) is 2.27. The number of hydrogen-bond acceptors (Lipinski definition) is 4. The van der Waals surface area contributed by atoms with Crippen molar-refractivity contribution in [3.8, 4) is 0 Å². The number of aromatic nitrogens is 1. The average molecular weight is 229 g/mol. The summed E-state index contributed by atoms with van der Waals surface area (Å²) in [7, 11) is -3.49. The summed E-state index contributed by atoms with van der Waals surface area (Å²) >= 11 is 0. The van der Waals surface area contributed by atoms with E-state index in [0.29, 0.717) is 13.1 Å². The molecule has 0 saturated heterocycles. The van der Waals surface area contributed by atoms with Gasteiger partial charge in [0.2, 0.25) is 10.0 Å². The van der Waals surface area contributed by atoms with Crippen molar-refractivity contribution in [2.24, 2.45) is 0 Å². The molecule has 5 nitrogen and oxygen atoms in total. The second-order valence-corrected chi connectivity index (χ2v) is 4.91. The first-order valence-corrected chi connectivity index (χ1v) is 6.17. The van der Waals surface area contributed by atoms with E-state index in [1.165, 1.54) is 22.8 Å². The standard InChI is InChI=1S/C9H15N3O2S/c1-3-12(4-2)15(13,14)9-7-11-6-5-8(9)10/h5-7H,3-4H2,1-2H3,(H2,10,11). The highest BCUT2D eigenvalue weighted by Crippen LogP contribution is 2.20. The number of nitrogens with zero attached hydrogens (tertiary/aromatic N) is 2. The Labute approximate surface area is 90.0 Å². The van der Waals surface area contributed by atoms with Crippen LogP contribution in [0, 0.1) is 0 Å². The minimum atomic E-state index is -3.49. The summed E-state index contributed by atoms with van der Waals surface area (Å²) in [6, 6.07) is 1.48. The van der Waals surface area contributed by atoms with Gasteiger partial charge in [0.1, 0.15) is 4.90 Å². The van der Waals surface area contributed by atoms with E-state index >= 15 is 0 Å². The topological polar surface area (TPSA) is 76.3 Å². The third-order valence-corrected chi connectivity index (χ3v) is 4.23. The van der Waals surface area contributed by atoms with Crippen molar-refractivity contribution in [3.63, 3.8) is 0 Å². The molecule has 0 aliphatic rings. The highest BCUT2D eigenvalue weighted by atomic mass is 32.2. The summed E-state index contributed by atoms with van der Waals surface area (Å²) in [5.41, 5.74) is 5.84. The summed E-state index contributed by atoms with van der Waals surface area (Å²) in [6.45, 7) is 4.42. The lowest BCUT2D eigenvalue weighted by Gasteiger charge is -2.18. The predicted octanol–water partition coefficient (Wildman–Crippen LogP) is 0.694. The van der Waals surface area contributed by atoms with Gasteiger partial charge in [-0.1, -0.05) is 13.8 Å². The van der Waals surface area contributed by atoms with E-state index in [9.17, 15) is 8.42 Å². The molecule has 0 saturated carbocycles. The van der Waals surface area contributed by atoms with E-state index in [2.05, 4.69) is 4.98 Å². The van der Waals surface area contributed by atoms with Crippen molar-refractivity contribution in [2.45, 2.75) is 18.7 Å². The van der Waals surface area contributed by atoms with Gasteiger partial charge in [-0.25, -0.2) is 8.42 Å². The quantitative estimate of drug-likeness (QED) is 0.824. The highest BCUT2D eigenvalue weighted by molar-refractivity contribution is 7.89. The van der Waals surface area contributed by atoms with Crippen LogP contribution in [-0.2, 0) is 10.0 Å². The lowest BCUT2D eigenvalue weighted by atomic mass is 10.4. The zero-order chi connectivity index (χ0) is 11.5. The van der Waals surface area contributed by atoms with E-state index in [1.54, 1.807) is 13.8 Å². The Morgan fingerprint density at radius 2 is 2.00 bits per heavy atom. The van der Waals surface area contributed by atoms with Gasteiger partial charge < -0.3 is 5.73 Å². The second kappa shape index (κ2) is 4.59. The van der Waals surface area contributed by atoms with E-state index < -0.39 is 10.0 Å². The Kier molecular flexibility index (Phi) is 3.65. The largest absolute Gasteiger partial charge is 0.398 e. The molecule has 2 N–H and O–H groups in total. The Morgan fingerprint density at radius 3 is 2.47 bits per heavy atom. The smallest absolute Gasteiger partial charge is 0.246 e. The number of nitrogens with two attached hydrogens (primary N) is 1. The molecular weight excluding hydrogens is 214 g/mol. The molecule has 1 aromatic rings. The third-order valence-electron chi connectivity index (χ3n) is 2.14. The molecule has 0 aliphatic heterocycles. The van der Waals surface area contributed by atoms with Crippen LogP contribution < -0.4 is 5.73 Å². The molecule has 0 unspecified atom stereocenters. The fourth-order valence-electron chi connectivity index (χ4n) is 1.31. The van der Waals surface area contributed by atoms with Gasteiger partial charge in [0.15, 0.2) is 0 Å². The number of pyridine rings is 1. The molecular formula is C9H15N3O2S. The van der Waals surface area contributed by atoms with Gasteiger partial charge in [-0.2, -0.15) is 4.31 Å². The summed E-state index contributed by atoms with van der Waals surface area (Å²) in [5.74, 6) is 0. The minimum absolute atomic E-state index is 0.0775. The van der Waals surface area contributed by atoms with Crippen molar-refractivity contribution in [2.75, 3.05) is 18.8 Å². The normalized spacial score (nSPS) is 11.9. The number of nitrogen functional groups attached to an aromatic ring is 1. The molecule has 1 heterocycles. The average Bonchev–Trinajstić information content (AvgIpc) is 2.19. The Balaban J connectivity index is 3.23. The Hall–Kier alpha value is -1.14. The van der Waals surface area contributed by atoms with Crippen LogP contribution in [0.15, 0.2) is 23.4 Å². The van der Waals surface area contributed by atoms with Crippen LogP contribution in [-0.4, -0.2) is 30.8 Å². The highest BCUT2D eigenvalue weighted by Gasteiger charge is 2.23. The van der Waals surface area contributed by atoms with Gasteiger partial charge in [-0.15, -0.1) is 0 Å². The van der Waals surface area contributed by atoms with Gasteiger partial charge in [-0.3, -0.25) is 4.98 Å². The van der Waals surface area contributed by atoms with Crippen molar-refractivity contribution in [1.29, 1.82) is 0 Å². The molecule has 1 rings (SSSR count). The lowest BCUT2D eigenvalue weighted by molar-refractivity contribution is 0.445. The molecule has 0 aliphatic carbocycles. The monoisotopic (exact) mass is 229 g/mol. The lowest BCUT2D eigenvalue weighted by Crippen LogP contribution is -2.31. The molecule has 6 heteroatoms. The molecule has 0 fully saturated rings. The first kappa shape index (κ1) is 11.9. The minimum Gasteiger partial charge on any atom is -0.398 e. The summed E-state index contributed by atoms with van der Waals surface area (Å²) in [5, 5.41) is 0. The number of rotatable bonds is 4. The zero-order valence-electron chi connectivity index (χ0n) is 8.84. The second-order valence-electron chi connectivity index (χ2n) is 3.00. The molecule has 0 bridgehead atoms. The van der Waals surface area contributed by atoms with E-state index in [4.69, 9.17) is 5.73 Å². The maximum atomic E-state index is 12.0. The van der Waals surface area contributed by atoms with Crippen LogP contribution in [0.2, 0.25) is 0 Å². The predicted molar refractivity (Wildman–Crippen MR) is 58.8 cm³/mol. The first-order valence-electron chi connectivity index (χ1n) is 4.73. The number of sulfonamides is 1. The van der Waals surface area contributed by atoms with E-state index in [0.717, 1.165) is 0 Å². The van der Waals surface area contributed by atoms with Crippen molar-refractivity contribution >= 4 is 15.7 Å². The van der Waals surface area contributed by atoms with Crippen LogP contribution in [0.5, 0.6) is 0 Å². The maximum absolute atomic E-state index is 12.0. The molecule has 0 atom stereocenters. The van der Waals surface area contributed by atoms with Crippen molar-refractivity contribution in [3.05, 3.63) is 18.5 Å². The molecule has 0 radical (unpaired) electrons. The van der Waals surface area contributed by atoms with Crippen molar-refractivity contribution in [1.82, 2.24) is 9.29 Å². The van der Waals surface area contributed by atoms with Gasteiger partial charge in [0, 0.05) is 25.5 Å². The van der Waals surface area contributed by atoms with E-state index in [1.807, 2.05) is 0 Å². The van der Waals surface area contributed by atoms with Gasteiger partial charge in [0.05, 0.1) is 5.69 Å². The van der Waals surface area contributed by atoms with Crippen LogP contribution in [0.25, 0.3) is 0 Å². The number of anilines is 1. The van der Waals surface area contributed by atoms with Crippen LogP contribution in [0.1, 0.15) is 13.8 Å². The van der Waals surface area contributed by atoms with Crippen LogP contribution in [0.3, 0.4) is 0 Å². The SMILES string of the molecule is CCN(CC)S(=O)(=O)c1cnccc1N. The molecule has 15 heavy (non-hydrogen) atoms. The van der Waals surface area contributed by atoms with Gasteiger partial charge in [-0.05, 0) is 6.07 Å². The summed E-state index contributed by atoms with van der Waals surface area (Å²) in [6.07, 6.45) is 2.75. The van der Waals surface area contributed by atoms with Crippen LogP contribution in [0.4, 0.5) is 5.69 Å². The molecule has 84 valence electrons. The molecule has 0 spiro atoms. The maximum Gasteiger partial charge on any atom is 0.246 e. The fraction of sp³-hybridized carbons (Fsp3) is 0.444. The van der Waals surface area contributed by atoms with Gasteiger partial charge in [0.25, 0.3) is 0 Å². The van der Waals surface area contributed by atoms with Gasteiger partial charge >= 0.3 is 0 Å². The molecule has 1 aromatic heterocycles. The first-order chi connectivity index (χ1) is 7.04. The Morgan fingerprint density at radius 1 is 1.40 bits per heavy atom. The van der Waals surface area contributed by atoms with Crippen molar-refractivity contribution < 1.29 is 8.42 Å². The zero-order valence-corrected chi connectivity index (χ0v) is 9.66. The Bertz CT molecular complexity index is 427. The van der Waals surface area contributed by atoms with Crippen LogP contribution >= 0.6 is 0 Å². The molecule has 0 aromatic carbocycles. The fourth-order valence-corrected chi connectivity index (χ4v) is 2.83. The molecule has 0 amide bonds. The number of hydrogen-bond donors (Lipinski definition) is 1.